The maximum absolute atomic E-state index is 5.90. The molecule has 1 unspecified atom stereocenters. The molecule has 1 aromatic carbocycles. The maximum atomic E-state index is 5.90. The fraction of sp³-hybridized carbons (Fsp3) is 0.529. The van der Waals surface area contributed by atoms with Crippen molar-refractivity contribution >= 4 is 0 Å². The quantitative estimate of drug-likeness (QED) is 0.476. The normalized spacial score (nSPS) is 19.5. The van der Waals surface area contributed by atoms with Gasteiger partial charge < -0.3 is 4.74 Å². The van der Waals surface area contributed by atoms with Gasteiger partial charge in [0.05, 0.1) is 0 Å². The van der Waals surface area contributed by atoms with Gasteiger partial charge >= 0.3 is 0 Å². The van der Waals surface area contributed by atoms with Crippen molar-refractivity contribution in [2.75, 3.05) is 13.2 Å². The van der Waals surface area contributed by atoms with Crippen LogP contribution < -0.4 is 11.3 Å². The van der Waals surface area contributed by atoms with Crippen LogP contribution in [0.25, 0.3) is 0 Å². The van der Waals surface area contributed by atoms with E-state index in [4.69, 9.17) is 10.6 Å². The molecular formula is C17H26N2O. The van der Waals surface area contributed by atoms with E-state index < -0.39 is 0 Å². The van der Waals surface area contributed by atoms with E-state index in [1.807, 2.05) is 0 Å². The first-order valence-electron chi connectivity index (χ1n) is 7.49. The van der Waals surface area contributed by atoms with Crippen molar-refractivity contribution in [1.29, 1.82) is 0 Å². The monoisotopic (exact) mass is 274 g/mol. The fourth-order valence-electron chi connectivity index (χ4n) is 3.19. The van der Waals surface area contributed by atoms with Crippen LogP contribution in [0.15, 0.2) is 42.5 Å². The first-order chi connectivity index (χ1) is 9.73. The van der Waals surface area contributed by atoms with E-state index in [1.54, 1.807) is 0 Å². The van der Waals surface area contributed by atoms with Crippen LogP contribution in [0, 0.1) is 0 Å². The lowest BCUT2D eigenvalue weighted by Crippen LogP contribution is -2.54. The second-order valence-electron chi connectivity index (χ2n) is 5.66. The van der Waals surface area contributed by atoms with Gasteiger partial charge in [0.1, 0.15) is 0 Å². The average molecular weight is 274 g/mol. The van der Waals surface area contributed by atoms with Crippen LogP contribution in [0.3, 0.4) is 0 Å². The molecule has 3 heteroatoms. The topological polar surface area (TPSA) is 47.3 Å². The molecule has 1 aliphatic heterocycles. The second-order valence-corrected chi connectivity index (χ2v) is 5.66. The number of ether oxygens (including phenoxy) is 1. The summed E-state index contributed by atoms with van der Waals surface area (Å²) in [7, 11) is 0. The van der Waals surface area contributed by atoms with Gasteiger partial charge in [-0.3, -0.25) is 11.3 Å². The highest BCUT2D eigenvalue weighted by Gasteiger charge is 2.41. The lowest BCUT2D eigenvalue weighted by atomic mass is 9.67. The molecule has 3 N–H and O–H groups in total. The highest BCUT2D eigenvalue weighted by Crippen LogP contribution is 2.40. The minimum atomic E-state index is 0.0480. The lowest BCUT2D eigenvalue weighted by molar-refractivity contribution is 0.0342. The average Bonchev–Trinajstić information content (AvgIpc) is 2.53. The number of benzene rings is 1. The van der Waals surface area contributed by atoms with Gasteiger partial charge in [-0.25, -0.2) is 0 Å². The summed E-state index contributed by atoms with van der Waals surface area (Å²) >= 11 is 0. The van der Waals surface area contributed by atoms with Gasteiger partial charge in [0.2, 0.25) is 0 Å². The Morgan fingerprint density at radius 1 is 1.35 bits per heavy atom. The van der Waals surface area contributed by atoms with Crippen molar-refractivity contribution in [1.82, 2.24) is 5.43 Å². The Balaban J connectivity index is 2.32. The van der Waals surface area contributed by atoms with Crippen molar-refractivity contribution in [2.45, 2.75) is 44.1 Å². The molecule has 1 fully saturated rings. The number of hydrogen-bond acceptors (Lipinski definition) is 3. The number of nitrogens with one attached hydrogen (secondary N) is 1. The number of nitrogens with two attached hydrogens (primary N) is 1. The molecule has 0 bridgehead atoms. The Kier molecular flexibility index (Phi) is 5.35. The van der Waals surface area contributed by atoms with Crippen molar-refractivity contribution in [3.05, 3.63) is 48.0 Å². The number of rotatable bonds is 6. The predicted molar refractivity (Wildman–Crippen MR) is 83.3 cm³/mol. The summed E-state index contributed by atoms with van der Waals surface area (Å²) in [5.41, 5.74) is 5.71. The van der Waals surface area contributed by atoms with E-state index in [0.29, 0.717) is 0 Å². The SMILES string of the molecule is C=C(CC)CC(NN)C1(c2ccccc2)CCOCC1. The molecule has 1 heterocycles. The Morgan fingerprint density at radius 3 is 2.55 bits per heavy atom. The lowest BCUT2D eigenvalue weighted by Gasteiger charge is -2.44. The van der Waals surface area contributed by atoms with Gasteiger partial charge in [0, 0.05) is 24.7 Å². The van der Waals surface area contributed by atoms with E-state index in [9.17, 15) is 0 Å². The second kappa shape index (κ2) is 7.02. The minimum Gasteiger partial charge on any atom is -0.381 e. The van der Waals surface area contributed by atoms with Crippen molar-refractivity contribution in [2.24, 2.45) is 5.84 Å². The summed E-state index contributed by atoms with van der Waals surface area (Å²) in [6, 6.07) is 10.9. The Morgan fingerprint density at radius 2 is 2.00 bits per heavy atom. The van der Waals surface area contributed by atoms with E-state index in [1.165, 1.54) is 11.1 Å². The molecule has 0 spiro atoms. The molecule has 2 rings (SSSR count). The zero-order valence-electron chi connectivity index (χ0n) is 12.4. The zero-order chi connectivity index (χ0) is 14.4. The van der Waals surface area contributed by atoms with Crippen LogP contribution in [-0.4, -0.2) is 19.3 Å². The fourth-order valence-corrected chi connectivity index (χ4v) is 3.19. The molecule has 0 aromatic heterocycles. The first kappa shape index (κ1) is 15.2. The molecule has 1 aliphatic rings. The molecule has 0 saturated carbocycles. The maximum Gasteiger partial charge on any atom is 0.0475 e. The summed E-state index contributed by atoms with van der Waals surface area (Å²) in [5.74, 6) is 5.90. The van der Waals surface area contributed by atoms with E-state index >= 15 is 0 Å². The van der Waals surface area contributed by atoms with E-state index in [0.717, 1.165) is 38.9 Å². The zero-order valence-corrected chi connectivity index (χ0v) is 12.4. The summed E-state index contributed by atoms with van der Waals surface area (Å²) in [6.45, 7) is 7.90. The third-order valence-electron chi connectivity index (χ3n) is 4.59. The van der Waals surface area contributed by atoms with Crippen molar-refractivity contribution in [3.8, 4) is 0 Å². The molecule has 0 radical (unpaired) electrons. The summed E-state index contributed by atoms with van der Waals surface area (Å²) in [6.07, 6.45) is 3.92. The van der Waals surface area contributed by atoms with Gasteiger partial charge in [-0.2, -0.15) is 0 Å². The molecule has 20 heavy (non-hydrogen) atoms. The van der Waals surface area contributed by atoms with E-state index in [-0.39, 0.29) is 11.5 Å². The molecule has 3 nitrogen and oxygen atoms in total. The highest BCUT2D eigenvalue weighted by atomic mass is 16.5. The third kappa shape index (κ3) is 3.11. The summed E-state index contributed by atoms with van der Waals surface area (Å²) in [5, 5.41) is 0. The van der Waals surface area contributed by atoms with Gasteiger partial charge in [-0.05, 0) is 31.2 Å². The van der Waals surface area contributed by atoms with Crippen LogP contribution >= 0.6 is 0 Å². The van der Waals surface area contributed by atoms with Gasteiger partial charge in [0.25, 0.3) is 0 Å². The molecule has 110 valence electrons. The van der Waals surface area contributed by atoms with Gasteiger partial charge in [-0.1, -0.05) is 49.4 Å². The summed E-state index contributed by atoms with van der Waals surface area (Å²) < 4.78 is 5.58. The van der Waals surface area contributed by atoms with E-state index in [2.05, 4.69) is 49.3 Å². The largest absolute Gasteiger partial charge is 0.381 e. The first-order valence-corrected chi connectivity index (χ1v) is 7.49. The van der Waals surface area contributed by atoms with Crippen LogP contribution in [0.4, 0.5) is 0 Å². The summed E-state index contributed by atoms with van der Waals surface area (Å²) in [4.78, 5) is 0. The minimum absolute atomic E-state index is 0.0480. The predicted octanol–water partition coefficient (Wildman–Crippen LogP) is 2.92. The Bertz CT molecular complexity index is 424. The van der Waals surface area contributed by atoms with Gasteiger partial charge in [-0.15, -0.1) is 0 Å². The third-order valence-corrected chi connectivity index (χ3v) is 4.59. The van der Waals surface area contributed by atoms with Crippen LogP contribution in [-0.2, 0) is 10.2 Å². The highest BCUT2D eigenvalue weighted by molar-refractivity contribution is 5.29. The van der Waals surface area contributed by atoms with Crippen LogP contribution in [0.1, 0.15) is 38.2 Å². The van der Waals surface area contributed by atoms with Crippen LogP contribution in [0.2, 0.25) is 0 Å². The van der Waals surface area contributed by atoms with Crippen LogP contribution in [0.5, 0.6) is 0 Å². The van der Waals surface area contributed by atoms with Crippen molar-refractivity contribution < 1.29 is 4.74 Å². The number of hydrazine groups is 1. The molecule has 0 aliphatic carbocycles. The molecule has 1 aromatic rings. The molecular weight excluding hydrogens is 248 g/mol. The van der Waals surface area contributed by atoms with Gasteiger partial charge in [0.15, 0.2) is 0 Å². The Labute approximate surface area is 122 Å². The standard InChI is InChI=1S/C17H26N2O/c1-3-14(2)13-16(19-18)17(9-11-20-12-10-17)15-7-5-4-6-8-15/h4-8,16,19H,2-3,9-13,18H2,1H3. The molecule has 1 saturated heterocycles. The smallest absolute Gasteiger partial charge is 0.0475 e. The van der Waals surface area contributed by atoms with Crippen molar-refractivity contribution in [3.63, 3.8) is 0 Å². The Hall–Kier alpha value is -1.16. The molecule has 0 amide bonds. The molecule has 1 atom stereocenters. The number of hydrogen-bond donors (Lipinski definition) is 2.